The normalized spacial score (nSPS) is 11.8. The molecule has 2 rings (SSSR count). The summed E-state index contributed by atoms with van der Waals surface area (Å²) in [6.45, 7) is 3.98. The van der Waals surface area contributed by atoms with Crippen LogP contribution in [0.2, 0.25) is 0 Å². The standard InChI is InChI=1S/C19H22N2O3S/c1-13(2)12-16(19(23)24-3)21-18(22)14-7-9-15(10-8-14)25-17-6-4-5-11-20-17/h4-11,13,16H,12H2,1-3H3,(H,21,22). The average molecular weight is 358 g/mol. The lowest BCUT2D eigenvalue weighted by Gasteiger charge is -2.18. The first-order valence-corrected chi connectivity index (χ1v) is 8.89. The van der Waals surface area contributed by atoms with Gasteiger partial charge in [0, 0.05) is 16.7 Å². The largest absolute Gasteiger partial charge is 0.467 e. The smallest absolute Gasteiger partial charge is 0.328 e. The number of pyridine rings is 1. The summed E-state index contributed by atoms with van der Waals surface area (Å²) < 4.78 is 4.77. The van der Waals surface area contributed by atoms with Gasteiger partial charge in [-0.25, -0.2) is 9.78 Å². The Morgan fingerprint density at radius 3 is 2.44 bits per heavy atom. The van der Waals surface area contributed by atoms with Crippen molar-refractivity contribution in [2.75, 3.05) is 7.11 Å². The van der Waals surface area contributed by atoms with E-state index in [1.807, 2.05) is 44.2 Å². The maximum absolute atomic E-state index is 12.4. The van der Waals surface area contributed by atoms with Crippen molar-refractivity contribution in [2.45, 2.75) is 36.2 Å². The molecule has 0 saturated carbocycles. The van der Waals surface area contributed by atoms with Crippen LogP contribution in [0.4, 0.5) is 0 Å². The van der Waals surface area contributed by atoms with Crippen LogP contribution >= 0.6 is 11.8 Å². The molecule has 0 spiro atoms. The summed E-state index contributed by atoms with van der Waals surface area (Å²) in [5.74, 6) is -0.448. The van der Waals surface area contributed by atoms with Crippen molar-refractivity contribution in [2.24, 2.45) is 5.92 Å². The zero-order chi connectivity index (χ0) is 18.2. The molecule has 25 heavy (non-hydrogen) atoms. The number of carbonyl (C=O) groups is 2. The number of aromatic nitrogens is 1. The summed E-state index contributed by atoms with van der Waals surface area (Å²) in [6, 6.07) is 12.3. The maximum atomic E-state index is 12.4. The number of nitrogens with one attached hydrogen (secondary N) is 1. The third-order valence-corrected chi connectivity index (χ3v) is 4.43. The number of hydrogen-bond donors (Lipinski definition) is 1. The van der Waals surface area contributed by atoms with Gasteiger partial charge in [0.05, 0.1) is 7.11 Å². The lowest BCUT2D eigenvalue weighted by Crippen LogP contribution is -2.42. The number of amides is 1. The van der Waals surface area contributed by atoms with E-state index in [1.54, 1.807) is 18.3 Å². The molecule has 0 aliphatic carbocycles. The van der Waals surface area contributed by atoms with Gasteiger partial charge in [-0.3, -0.25) is 4.79 Å². The van der Waals surface area contributed by atoms with Crippen molar-refractivity contribution in [3.63, 3.8) is 0 Å². The van der Waals surface area contributed by atoms with Gasteiger partial charge in [-0.05, 0) is 48.7 Å². The molecule has 1 aromatic heterocycles. The zero-order valence-corrected chi connectivity index (χ0v) is 15.4. The fourth-order valence-corrected chi connectivity index (χ4v) is 3.05. The molecular weight excluding hydrogens is 336 g/mol. The second-order valence-electron chi connectivity index (χ2n) is 5.97. The maximum Gasteiger partial charge on any atom is 0.328 e. The first-order valence-electron chi connectivity index (χ1n) is 8.07. The quantitative estimate of drug-likeness (QED) is 0.767. The molecule has 0 fully saturated rings. The molecule has 1 atom stereocenters. The summed E-state index contributed by atoms with van der Waals surface area (Å²) in [4.78, 5) is 29.5. The van der Waals surface area contributed by atoms with Crippen LogP contribution in [0.1, 0.15) is 30.6 Å². The van der Waals surface area contributed by atoms with Crippen LogP contribution in [0, 0.1) is 5.92 Å². The topological polar surface area (TPSA) is 68.3 Å². The SMILES string of the molecule is COC(=O)C(CC(C)C)NC(=O)c1ccc(Sc2ccccn2)cc1. The molecule has 1 N–H and O–H groups in total. The second-order valence-corrected chi connectivity index (χ2v) is 7.07. The summed E-state index contributed by atoms with van der Waals surface area (Å²) >= 11 is 1.52. The predicted octanol–water partition coefficient (Wildman–Crippen LogP) is 3.55. The number of carbonyl (C=O) groups excluding carboxylic acids is 2. The van der Waals surface area contributed by atoms with Crippen LogP contribution in [0.15, 0.2) is 58.6 Å². The number of methoxy groups -OCH3 is 1. The lowest BCUT2D eigenvalue weighted by molar-refractivity contribution is -0.143. The van der Waals surface area contributed by atoms with Gasteiger partial charge < -0.3 is 10.1 Å². The lowest BCUT2D eigenvalue weighted by atomic mass is 10.0. The molecule has 2 aromatic rings. The fraction of sp³-hybridized carbons (Fsp3) is 0.316. The summed E-state index contributed by atoms with van der Waals surface area (Å²) in [5.41, 5.74) is 0.503. The Morgan fingerprint density at radius 1 is 1.16 bits per heavy atom. The van der Waals surface area contributed by atoms with Gasteiger partial charge >= 0.3 is 5.97 Å². The number of rotatable bonds is 7. The minimum Gasteiger partial charge on any atom is -0.467 e. The number of esters is 1. The summed E-state index contributed by atoms with van der Waals surface area (Å²) in [5, 5.41) is 3.64. The first-order chi connectivity index (χ1) is 12.0. The molecule has 6 heteroatoms. The highest BCUT2D eigenvalue weighted by molar-refractivity contribution is 7.99. The number of hydrogen-bond acceptors (Lipinski definition) is 5. The van der Waals surface area contributed by atoms with Crippen LogP contribution in [0.3, 0.4) is 0 Å². The highest BCUT2D eigenvalue weighted by Gasteiger charge is 2.23. The molecule has 0 aliphatic heterocycles. The predicted molar refractivity (Wildman–Crippen MR) is 97.5 cm³/mol. The van der Waals surface area contributed by atoms with Crippen molar-refractivity contribution < 1.29 is 14.3 Å². The molecule has 0 bridgehead atoms. The van der Waals surface area contributed by atoms with Crippen molar-refractivity contribution in [3.05, 3.63) is 54.2 Å². The number of benzene rings is 1. The molecule has 132 valence electrons. The minimum absolute atomic E-state index is 0.265. The van der Waals surface area contributed by atoms with E-state index >= 15 is 0 Å². The van der Waals surface area contributed by atoms with E-state index in [4.69, 9.17) is 4.74 Å². The Kier molecular flexibility index (Phi) is 7.01. The molecule has 5 nitrogen and oxygen atoms in total. The van der Waals surface area contributed by atoms with Crippen LogP contribution in [-0.2, 0) is 9.53 Å². The van der Waals surface area contributed by atoms with Gasteiger partial charge in [0.25, 0.3) is 5.91 Å². The van der Waals surface area contributed by atoms with Crippen LogP contribution in [0.25, 0.3) is 0 Å². The molecule has 1 unspecified atom stereocenters. The van der Waals surface area contributed by atoms with E-state index in [-0.39, 0.29) is 11.8 Å². The van der Waals surface area contributed by atoms with Gasteiger partial charge in [0.2, 0.25) is 0 Å². The first kappa shape index (κ1) is 19.0. The van der Waals surface area contributed by atoms with Gasteiger partial charge in [-0.1, -0.05) is 31.7 Å². The molecule has 0 saturated heterocycles. The third kappa shape index (κ3) is 5.90. The molecule has 0 radical (unpaired) electrons. The van der Waals surface area contributed by atoms with Gasteiger partial charge in [-0.15, -0.1) is 0 Å². The molecular formula is C19H22N2O3S. The second kappa shape index (κ2) is 9.22. The van der Waals surface area contributed by atoms with E-state index < -0.39 is 12.0 Å². The Hall–Kier alpha value is -2.34. The minimum atomic E-state index is -0.639. The van der Waals surface area contributed by atoms with Gasteiger partial charge in [0.15, 0.2) is 0 Å². The molecule has 0 aliphatic rings. The molecule has 1 aromatic carbocycles. The average Bonchev–Trinajstić information content (AvgIpc) is 2.61. The Labute approximate surface area is 152 Å². The number of ether oxygens (including phenoxy) is 1. The van der Waals surface area contributed by atoms with E-state index in [9.17, 15) is 9.59 Å². The molecule has 1 heterocycles. The van der Waals surface area contributed by atoms with E-state index in [1.165, 1.54) is 18.9 Å². The van der Waals surface area contributed by atoms with Crippen molar-refractivity contribution in [1.29, 1.82) is 0 Å². The fourth-order valence-electron chi connectivity index (χ4n) is 2.27. The Bertz CT molecular complexity index is 702. The van der Waals surface area contributed by atoms with Gasteiger partial charge in [-0.2, -0.15) is 0 Å². The highest BCUT2D eigenvalue weighted by atomic mass is 32.2. The molecule has 1 amide bonds. The zero-order valence-electron chi connectivity index (χ0n) is 14.6. The van der Waals surface area contributed by atoms with E-state index in [0.717, 1.165) is 9.92 Å². The Balaban J connectivity index is 2.02. The van der Waals surface area contributed by atoms with Crippen LogP contribution in [0.5, 0.6) is 0 Å². The summed E-state index contributed by atoms with van der Waals surface area (Å²) in [7, 11) is 1.32. The number of nitrogens with zero attached hydrogens (tertiary/aromatic N) is 1. The van der Waals surface area contributed by atoms with E-state index in [2.05, 4.69) is 10.3 Å². The summed E-state index contributed by atoms with van der Waals surface area (Å²) in [6.07, 6.45) is 2.28. The van der Waals surface area contributed by atoms with Crippen molar-refractivity contribution >= 4 is 23.6 Å². The van der Waals surface area contributed by atoms with Crippen molar-refractivity contribution in [1.82, 2.24) is 10.3 Å². The highest BCUT2D eigenvalue weighted by Crippen LogP contribution is 2.25. The monoisotopic (exact) mass is 358 g/mol. The van der Waals surface area contributed by atoms with Crippen molar-refractivity contribution in [3.8, 4) is 0 Å². The van der Waals surface area contributed by atoms with Gasteiger partial charge in [0.1, 0.15) is 11.1 Å². The van der Waals surface area contributed by atoms with Crippen LogP contribution in [-0.4, -0.2) is 30.0 Å². The van der Waals surface area contributed by atoms with E-state index in [0.29, 0.717) is 12.0 Å². The Morgan fingerprint density at radius 2 is 1.88 bits per heavy atom. The third-order valence-electron chi connectivity index (χ3n) is 3.47. The van der Waals surface area contributed by atoms with Crippen LogP contribution < -0.4 is 5.32 Å².